The first-order valence-corrected chi connectivity index (χ1v) is 20.7. The maximum Gasteiger partial charge on any atom is 0.349 e. The van der Waals surface area contributed by atoms with Gasteiger partial charge in [0.05, 0.1) is 22.6 Å². The Bertz CT molecular complexity index is 3190. The third kappa shape index (κ3) is 7.30. The molecule has 7 heteroatoms. The van der Waals surface area contributed by atoms with Crippen LogP contribution in [-0.4, -0.2) is 31.0 Å². The van der Waals surface area contributed by atoms with Gasteiger partial charge in [-0.1, -0.05) is 144 Å². The lowest BCUT2D eigenvalue weighted by molar-refractivity contribution is -0.145. The molecule has 0 radical (unpaired) electrons. The van der Waals surface area contributed by atoms with Gasteiger partial charge in [0, 0.05) is 38.8 Å². The molecule has 0 aliphatic carbocycles. The summed E-state index contributed by atoms with van der Waals surface area (Å²) in [5.41, 5.74) is 17.7. The van der Waals surface area contributed by atoms with E-state index in [1.54, 1.807) is 0 Å². The normalized spacial score (nSPS) is 12.4. The molecule has 1 atom stereocenters. The number of carbonyl (C=O) groups is 1. The largest absolute Gasteiger partial charge is 0.478 e. The first-order chi connectivity index (χ1) is 30.3. The fraction of sp³-hybridized carbons (Fsp3) is 0.0727. The monoisotopic (exact) mass is 806 g/mol. The number of rotatable bonds is 8. The minimum atomic E-state index is -1.34. The molecule has 0 fully saturated rings. The summed E-state index contributed by atoms with van der Waals surface area (Å²) in [7, 11) is 0. The zero-order valence-corrected chi connectivity index (χ0v) is 34.5. The summed E-state index contributed by atoms with van der Waals surface area (Å²) < 4.78 is 6.70. The third-order valence-corrected chi connectivity index (χ3v) is 11.5. The average molecular weight is 807 g/mol. The first-order valence-electron chi connectivity index (χ1n) is 20.7. The van der Waals surface area contributed by atoms with Crippen LogP contribution in [-0.2, 0) is 4.79 Å². The molecule has 2 aliphatic heterocycles. The van der Waals surface area contributed by atoms with Crippen LogP contribution in [0, 0.1) is 20.8 Å². The van der Waals surface area contributed by atoms with Gasteiger partial charge in [-0.15, -0.1) is 0 Å². The second-order valence-corrected chi connectivity index (χ2v) is 15.9. The van der Waals surface area contributed by atoms with E-state index in [0.717, 1.165) is 83.6 Å². The molecule has 3 aromatic heterocycles. The molecule has 5 aromatic carbocycles. The Morgan fingerprint density at radius 2 is 0.823 bits per heavy atom. The van der Waals surface area contributed by atoms with Crippen molar-refractivity contribution in [1.82, 2.24) is 19.9 Å². The van der Waals surface area contributed by atoms with Crippen molar-refractivity contribution in [2.24, 2.45) is 0 Å². The van der Waals surface area contributed by atoms with Gasteiger partial charge in [-0.2, -0.15) is 0 Å². The molecule has 2 aliphatic rings. The van der Waals surface area contributed by atoms with Gasteiger partial charge < -0.3 is 19.8 Å². The molecule has 1 unspecified atom stereocenters. The summed E-state index contributed by atoms with van der Waals surface area (Å²) in [6, 6.07) is 51.0. The van der Waals surface area contributed by atoms with Crippen LogP contribution >= 0.6 is 0 Å². The molecule has 0 amide bonds. The zero-order chi connectivity index (χ0) is 42.3. The molecule has 8 aromatic rings. The van der Waals surface area contributed by atoms with Gasteiger partial charge in [-0.05, 0) is 97.2 Å². The molecule has 8 bridgehead atoms. The number of carboxylic acids is 1. The van der Waals surface area contributed by atoms with Gasteiger partial charge in [-0.3, -0.25) is 0 Å². The molecule has 62 heavy (non-hydrogen) atoms. The van der Waals surface area contributed by atoms with Crippen molar-refractivity contribution in [2.75, 3.05) is 0 Å². The van der Waals surface area contributed by atoms with Crippen LogP contribution in [0.5, 0.6) is 5.75 Å². The smallest absolute Gasteiger partial charge is 0.349 e. The molecule has 0 saturated carbocycles. The van der Waals surface area contributed by atoms with E-state index in [0.29, 0.717) is 28.2 Å². The van der Waals surface area contributed by atoms with E-state index < -0.39 is 12.1 Å². The van der Waals surface area contributed by atoms with Crippen molar-refractivity contribution < 1.29 is 14.6 Å². The summed E-state index contributed by atoms with van der Waals surface area (Å²) in [6.45, 7) is 6.24. The van der Waals surface area contributed by atoms with E-state index in [4.69, 9.17) is 14.7 Å². The number of aromatic amines is 2. The lowest BCUT2D eigenvalue weighted by Gasteiger charge is -2.17. The van der Waals surface area contributed by atoms with E-state index in [9.17, 15) is 9.90 Å². The summed E-state index contributed by atoms with van der Waals surface area (Å²) in [5, 5.41) is 10.8. The fourth-order valence-corrected chi connectivity index (χ4v) is 8.24. The first kappa shape index (κ1) is 38.2. The Morgan fingerprint density at radius 3 is 1.27 bits per heavy atom. The minimum Gasteiger partial charge on any atom is -0.478 e. The van der Waals surface area contributed by atoms with Crippen LogP contribution in [0.2, 0.25) is 0 Å². The molecule has 10 rings (SSSR count). The molecule has 5 heterocycles. The molecular weight excluding hydrogens is 765 g/mol. The zero-order valence-electron chi connectivity index (χ0n) is 34.5. The quantitative estimate of drug-likeness (QED) is 0.142. The van der Waals surface area contributed by atoms with E-state index in [1.165, 1.54) is 5.56 Å². The predicted octanol–water partition coefficient (Wildman–Crippen LogP) is 13.5. The topological polar surface area (TPSA) is 104 Å². The number of hydrogen-bond donors (Lipinski definition) is 3. The van der Waals surface area contributed by atoms with Gasteiger partial charge in [0.15, 0.2) is 5.75 Å². The van der Waals surface area contributed by atoms with Crippen LogP contribution in [0.15, 0.2) is 152 Å². The van der Waals surface area contributed by atoms with E-state index in [2.05, 4.69) is 128 Å². The predicted molar refractivity (Wildman–Crippen MR) is 252 cm³/mol. The number of carboxylic acid groups (broad SMARTS) is 1. The van der Waals surface area contributed by atoms with E-state index in [1.807, 2.05) is 78.9 Å². The molecular formula is C55H42N4O3. The van der Waals surface area contributed by atoms with Crippen LogP contribution < -0.4 is 4.74 Å². The lowest BCUT2D eigenvalue weighted by Crippen LogP contribution is -2.18. The standard InChI is InChI=1S/C55H42N4O3/c1-33-9-15-38(16-10-33)50-42-25-27-44(56-42)51(39-17-11-34(2)12-18-39)46-29-31-48(58-46)54(62-53(55(60)61)41-23-21-37(22-24-41)36-7-5-4-6-8-36)49-32-30-47(59-49)52(45-28-26-43(50)57-45)40-19-13-35(3)14-20-40/h4-32,53,56,59H,1-3H3,(H,60,61). The summed E-state index contributed by atoms with van der Waals surface area (Å²) >= 11 is 0. The Hall–Kier alpha value is -8.03. The van der Waals surface area contributed by atoms with Gasteiger partial charge in [-0.25, -0.2) is 14.8 Å². The summed E-state index contributed by atoms with van der Waals surface area (Å²) in [6.07, 6.45) is 6.68. The number of aliphatic carboxylic acids is 1. The summed E-state index contributed by atoms with van der Waals surface area (Å²) in [4.78, 5) is 31.3. The van der Waals surface area contributed by atoms with Crippen LogP contribution in [0.25, 0.3) is 90.9 Å². The number of aromatic nitrogens is 4. The van der Waals surface area contributed by atoms with E-state index in [-0.39, 0.29) is 0 Å². The second kappa shape index (κ2) is 15.9. The number of fused-ring (bicyclic) bond motifs is 8. The number of aryl methyl sites for hydroxylation is 3. The van der Waals surface area contributed by atoms with Crippen LogP contribution in [0.1, 0.15) is 51.1 Å². The number of ether oxygens (including phenoxy) is 1. The lowest BCUT2D eigenvalue weighted by atomic mass is 10.0. The van der Waals surface area contributed by atoms with Crippen molar-refractivity contribution in [3.63, 3.8) is 0 Å². The average Bonchev–Trinajstić information content (AvgIpc) is 4.14. The number of benzene rings is 5. The Kier molecular flexibility index (Phi) is 9.77. The molecule has 3 N–H and O–H groups in total. The SMILES string of the molecule is Cc1ccc(-c2c3nc(c(-c4ccc(C)cc4)c4ccc([nH]4)c(-c4ccc(C)cc4)c4nc(c(OC(C(=O)O)c5ccc(-c6ccccc6)cc5)c5ccc2[nH]5)C=C4)C=C3)cc1. The van der Waals surface area contributed by atoms with Crippen molar-refractivity contribution >= 4 is 52.3 Å². The van der Waals surface area contributed by atoms with Gasteiger partial charge in [0.1, 0.15) is 5.69 Å². The van der Waals surface area contributed by atoms with Crippen molar-refractivity contribution in [1.29, 1.82) is 0 Å². The number of nitrogens with one attached hydrogen (secondary N) is 2. The molecule has 300 valence electrons. The Labute approximate surface area is 359 Å². The van der Waals surface area contributed by atoms with Gasteiger partial charge >= 0.3 is 5.97 Å². The number of H-pyrrole nitrogens is 2. The highest BCUT2D eigenvalue weighted by atomic mass is 16.5. The van der Waals surface area contributed by atoms with Crippen molar-refractivity contribution in [3.05, 3.63) is 197 Å². The summed E-state index contributed by atoms with van der Waals surface area (Å²) in [5.74, 6) is -0.818. The van der Waals surface area contributed by atoms with E-state index >= 15 is 0 Å². The number of hydrogen-bond acceptors (Lipinski definition) is 4. The second-order valence-electron chi connectivity index (χ2n) is 15.9. The molecule has 0 saturated heterocycles. The maximum atomic E-state index is 13.2. The van der Waals surface area contributed by atoms with Crippen molar-refractivity contribution in [2.45, 2.75) is 26.9 Å². The van der Waals surface area contributed by atoms with Crippen LogP contribution in [0.3, 0.4) is 0 Å². The highest BCUT2D eigenvalue weighted by Crippen LogP contribution is 2.39. The molecule has 7 nitrogen and oxygen atoms in total. The maximum absolute atomic E-state index is 13.2. The highest BCUT2D eigenvalue weighted by molar-refractivity contribution is 5.98. The highest BCUT2D eigenvalue weighted by Gasteiger charge is 2.26. The van der Waals surface area contributed by atoms with Crippen LogP contribution in [0.4, 0.5) is 0 Å². The Morgan fingerprint density at radius 1 is 0.452 bits per heavy atom. The third-order valence-electron chi connectivity index (χ3n) is 11.5. The minimum absolute atomic E-state index is 0.305. The van der Waals surface area contributed by atoms with Gasteiger partial charge in [0.25, 0.3) is 0 Å². The number of nitrogens with zero attached hydrogens (tertiary/aromatic N) is 2. The fourth-order valence-electron chi connectivity index (χ4n) is 8.24. The van der Waals surface area contributed by atoms with Crippen molar-refractivity contribution in [3.8, 4) is 50.3 Å². The Balaban J connectivity index is 1.27. The van der Waals surface area contributed by atoms with Gasteiger partial charge in [0.2, 0.25) is 6.10 Å². The molecule has 0 spiro atoms.